The van der Waals surface area contributed by atoms with Gasteiger partial charge < -0.3 is 0 Å². The monoisotopic (exact) mass is 346 g/mol. The number of rotatable bonds is 3. The van der Waals surface area contributed by atoms with E-state index in [1.165, 1.54) is 0 Å². The lowest BCUT2D eigenvalue weighted by Gasteiger charge is -2.04. The Morgan fingerprint density at radius 2 is 1.58 bits per heavy atom. The molecule has 0 spiro atoms. The third kappa shape index (κ3) is 2.37. The zero-order chi connectivity index (χ0) is 18.3. The second kappa shape index (κ2) is 5.96. The summed E-state index contributed by atoms with van der Waals surface area (Å²) in [5.41, 5.74) is 2.01. The number of aromatic amines is 1. The first kappa shape index (κ1) is 15.8. The van der Waals surface area contributed by atoms with E-state index in [2.05, 4.69) is 10.1 Å². The smallest absolute Gasteiger partial charge is 0.293 e. The topological polar surface area (TPSA) is 93.3 Å². The van der Waals surface area contributed by atoms with Crippen LogP contribution in [0.3, 0.4) is 0 Å². The number of fused-ring (bicyclic) bond motifs is 1. The lowest BCUT2D eigenvalue weighted by molar-refractivity contribution is -0.385. The SMILES string of the molecule is Cc1[nH]n2c(=O)c([N+](=O)[O-])c(-c3ccccc3)nc2c1-c1ccccc1. The van der Waals surface area contributed by atoms with Gasteiger partial charge in [-0.15, -0.1) is 0 Å². The molecule has 0 unspecified atom stereocenters. The standard InChI is InChI=1S/C19H14N4O3/c1-12-15(13-8-4-2-5-9-13)18-20-16(14-10-6-3-7-11-14)17(23(25)26)19(24)22(18)21-12/h2-11,21H,1H3. The Hall–Kier alpha value is -3.74. The van der Waals surface area contributed by atoms with Crippen molar-refractivity contribution in [2.45, 2.75) is 6.92 Å². The van der Waals surface area contributed by atoms with Crippen LogP contribution in [0.4, 0.5) is 5.69 Å². The third-order valence-corrected chi connectivity index (χ3v) is 4.23. The van der Waals surface area contributed by atoms with E-state index in [1.54, 1.807) is 30.3 Å². The summed E-state index contributed by atoms with van der Waals surface area (Å²) in [6, 6.07) is 18.2. The highest BCUT2D eigenvalue weighted by Gasteiger charge is 2.27. The van der Waals surface area contributed by atoms with E-state index in [9.17, 15) is 14.9 Å². The quantitative estimate of drug-likeness (QED) is 0.453. The van der Waals surface area contributed by atoms with E-state index >= 15 is 0 Å². The van der Waals surface area contributed by atoms with Gasteiger partial charge >= 0.3 is 11.2 Å². The number of H-pyrrole nitrogens is 1. The Kier molecular flexibility index (Phi) is 3.62. The molecule has 0 aliphatic heterocycles. The summed E-state index contributed by atoms with van der Waals surface area (Å²) in [5.74, 6) is 0. The molecule has 0 radical (unpaired) electrons. The molecule has 2 aromatic heterocycles. The van der Waals surface area contributed by atoms with Gasteiger partial charge in [0.25, 0.3) is 0 Å². The first-order chi connectivity index (χ1) is 12.6. The van der Waals surface area contributed by atoms with Crippen LogP contribution < -0.4 is 5.56 Å². The summed E-state index contributed by atoms with van der Waals surface area (Å²) in [7, 11) is 0. The van der Waals surface area contributed by atoms with Gasteiger partial charge in [-0.1, -0.05) is 60.7 Å². The van der Waals surface area contributed by atoms with Crippen molar-refractivity contribution < 1.29 is 4.92 Å². The van der Waals surface area contributed by atoms with Crippen molar-refractivity contribution in [3.8, 4) is 22.4 Å². The van der Waals surface area contributed by atoms with Crippen LogP contribution >= 0.6 is 0 Å². The molecule has 0 fully saturated rings. The van der Waals surface area contributed by atoms with Crippen LogP contribution in [0.2, 0.25) is 0 Å². The molecule has 7 heteroatoms. The van der Waals surface area contributed by atoms with Crippen molar-refractivity contribution >= 4 is 11.3 Å². The molecule has 0 atom stereocenters. The van der Waals surface area contributed by atoms with Crippen molar-refractivity contribution in [1.29, 1.82) is 0 Å². The van der Waals surface area contributed by atoms with Crippen LogP contribution in [0, 0.1) is 17.0 Å². The normalized spacial score (nSPS) is 11.0. The fourth-order valence-electron chi connectivity index (χ4n) is 3.09. The first-order valence-corrected chi connectivity index (χ1v) is 7.98. The Balaban J connectivity index is 2.13. The summed E-state index contributed by atoms with van der Waals surface area (Å²) < 4.78 is 1.14. The molecule has 4 rings (SSSR count). The maximum absolute atomic E-state index is 12.8. The molecular formula is C19H14N4O3. The zero-order valence-electron chi connectivity index (χ0n) is 13.8. The minimum Gasteiger partial charge on any atom is -0.293 e. The minimum atomic E-state index is -0.732. The Morgan fingerprint density at radius 3 is 2.15 bits per heavy atom. The van der Waals surface area contributed by atoms with Crippen LogP contribution in [0.15, 0.2) is 65.5 Å². The average molecular weight is 346 g/mol. The van der Waals surface area contributed by atoms with Gasteiger partial charge in [-0.2, -0.15) is 4.52 Å². The molecule has 128 valence electrons. The summed E-state index contributed by atoms with van der Waals surface area (Å²) >= 11 is 0. The van der Waals surface area contributed by atoms with E-state index in [1.807, 2.05) is 37.3 Å². The number of aryl methyl sites for hydroxylation is 1. The van der Waals surface area contributed by atoms with Crippen molar-refractivity contribution in [1.82, 2.24) is 14.6 Å². The highest BCUT2D eigenvalue weighted by atomic mass is 16.6. The van der Waals surface area contributed by atoms with Crippen LogP contribution in [-0.4, -0.2) is 19.5 Å². The largest absolute Gasteiger partial charge is 0.361 e. The number of nitrogens with one attached hydrogen (secondary N) is 1. The lowest BCUT2D eigenvalue weighted by atomic mass is 10.1. The van der Waals surface area contributed by atoms with Crippen molar-refractivity contribution in [3.63, 3.8) is 0 Å². The molecule has 2 aromatic carbocycles. The number of benzene rings is 2. The van der Waals surface area contributed by atoms with Gasteiger partial charge in [0, 0.05) is 16.8 Å². The molecule has 1 N–H and O–H groups in total. The molecule has 0 aliphatic rings. The molecule has 7 nitrogen and oxygen atoms in total. The van der Waals surface area contributed by atoms with Crippen LogP contribution in [0.25, 0.3) is 28.0 Å². The Morgan fingerprint density at radius 1 is 1.00 bits per heavy atom. The number of hydrogen-bond acceptors (Lipinski definition) is 4. The predicted molar refractivity (Wildman–Crippen MR) is 98.1 cm³/mol. The summed E-state index contributed by atoms with van der Waals surface area (Å²) in [5, 5.41) is 14.5. The summed E-state index contributed by atoms with van der Waals surface area (Å²) in [6.45, 7) is 1.81. The number of nitro groups is 1. The van der Waals surface area contributed by atoms with Crippen molar-refractivity contribution in [3.05, 3.63) is 86.8 Å². The van der Waals surface area contributed by atoms with Gasteiger partial charge in [0.15, 0.2) is 11.3 Å². The molecular weight excluding hydrogens is 332 g/mol. The second-order valence-electron chi connectivity index (χ2n) is 5.87. The van der Waals surface area contributed by atoms with E-state index < -0.39 is 16.2 Å². The van der Waals surface area contributed by atoms with Crippen LogP contribution in [0.1, 0.15) is 5.69 Å². The molecule has 0 saturated heterocycles. The maximum atomic E-state index is 12.8. The number of hydrogen-bond donors (Lipinski definition) is 1. The first-order valence-electron chi connectivity index (χ1n) is 7.98. The fraction of sp³-hybridized carbons (Fsp3) is 0.0526. The van der Waals surface area contributed by atoms with Gasteiger partial charge in [-0.05, 0) is 12.5 Å². The summed E-state index contributed by atoms with van der Waals surface area (Å²) in [6.07, 6.45) is 0. The highest BCUT2D eigenvalue weighted by Crippen LogP contribution is 2.30. The zero-order valence-corrected chi connectivity index (χ0v) is 13.8. The maximum Gasteiger partial charge on any atom is 0.361 e. The fourth-order valence-corrected chi connectivity index (χ4v) is 3.09. The molecule has 0 aliphatic carbocycles. The third-order valence-electron chi connectivity index (χ3n) is 4.23. The van der Waals surface area contributed by atoms with Crippen molar-refractivity contribution in [2.75, 3.05) is 0 Å². The lowest BCUT2D eigenvalue weighted by Crippen LogP contribution is -2.20. The van der Waals surface area contributed by atoms with Gasteiger partial charge in [0.1, 0.15) is 0 Å². The van der Waals surface area contributed by atoms with Crippen molar-refractivity contribution in [2.24, 2.45) is 0 Å². The summed E-state index contributed by atoms with van der Waals surface area (Å²) in [4.78, 5) is 28.2. The van der Waals surface area contributed by atoms with Gasteiger partial charge in [0.2, 0.25) is 0 Å². The van der Waals surface area contributed by atoms with Crippen LogP contribution in [-0.2, 0) is 0 Å². The average Bonchev–Trinajstić information content (AvgIpc) is 2.99. The van der Waals surface area contributed by atoms with Gasteiger partial charge in [-0.3, -0.25) is 20.0 Å². The minimum absolute atomic E-state index is 0.0665. The molecule has 0 bridgehead atoms. The Labute approximate surface area is 147 Å². The molecule has 4 aromatic rings. The van der Waals surface area contributed by atoms with E-state index in [0.29, 0.717) is 16.9 Å². The van der Waals surface area contributed by atoms with Gasteiger partial charge in [-0.25, -0.2) is 4.98 Å². The second-order valence-corrected chi connectivity index (χ2v) is 5.87. The molecule has 0 saturated carbocycles. The number of aromatic nitrogens is 3. The van der Waals surface area contributed by atoms with E-state index in [4.69, 9.17) is 0 Å². The van der Waals surface area contributed by atoms with Crippen LogP contribution in [0.5, 0.6) is 0 Å². The predicted octanol–water partition coefficient (Wildman–Crippen LogP) is 3.57. The van der Waals surface area contributed by atoms with E-state index in [-0.39, 0.29) is 5.69 Å². The molecule has 26 heavy (non-hydrogen) atoms. The number of nitrogens with zero attached hydrogens (tertiary/aromatic N) is 3. The van der Waals surface area contributed by atoms with E-state index in [0.717, 1.165) is 15.6 Å². The van der Waals surface area contributed by atoms with Gasteiger partial charge in [0.05, 0.1) is 4.92 Å². The molecule has 2 heterocycles. The highest BCUT2D eigenvalue weighted by molar-refractivity contribution is 5.82. The molecule has 0 amide bonds. The Bertz CT molecular complexity index is 1180.